The van der Waals surface area contributed by atoms with E-state index in [0.29, 0.717) is 29.1 Å². The average Bonchev–Trinajstić information content (AvgIpc) is 2.68. The van der Waals surface area contributed by atoms with E-state index in [1.165, 1.54) is 0 Å². The molecule has 1 aliphatic rings. The molecular formula is C21H16N2O4. The third kappa shape index (κ3) is 2.70. The first-order valence-corrected chi connectivity index (χ1v) is 8.50. The van der Waals surface area contributed by atoms with Gasteiger partial charge in [0.25, 0.3) is 0 Å². The molecule has 0 saturated heterocycles. The van der Waals surface area contributed by atoms with E-state index < -0.39 is 11.5 Å². The third-order valence-electron chi connectivity index (χ3n) is 4.50. The molecule has 0 unspecified atom stereocenters. The normalized spacial score (nSPS) is 15.8. The van der Waals surface area contributed by atoms with Crippen LogP contribution in [-0.4, -0.2) is 6.61 Å². The molecule has 3 aromatic rings. The Labute approximate surface area is 155 Å². The molecule has 0 amide bonds. The standard InChI is InChI=1S/C21H16N2O4/c1-2-25-13-9-7-12(8-10-13)17-15(11-22)20(23)27-19-14-5-3-4-6-16(14)26-21(24)18(17)19/h3-10,17H,2,23H2,1H3/t17-/m0/s1. The lowest BCUT2D eigenvalue weighted by Crippen LogP contribution is -2.26. The van der Waals surface area contributed by atoms with E-state index >= 15 is 0 Å². The number of rotatable bonds is 3. The van der Waals surface area contributed by atoms with Gasteiger partial charge < -0.3 is 19.6 Å². The second kappa shape index (κ2) is 6.54. The highest BCUT2D eigenvalue weighted by atomic mass is 16.5. The fourth-order valence-corrected chi connectivity index (χ4v) is 3.32. The average molecular weight is 360 g/mol. The topological polar surface area (TPSA) is 98.5 Å². The van der Waals surface area contributed by atoms with E-state index in [2.05, 4.69) is 6.07 Å². The summed E-state index contributed by atoms with van der Waals surface area (Å²) in [6, 6.07) is 16.3. The summed E-state index contributed by atoms with van der Waals surface area (Å²) in [7, 11) is 0. The molecule has 1 aromatic heterocycles. The summed E-state index contributed by atoms with van der Waals surface area (Å²) >= 11 is 0. The maximum absolute atomic E-state index is 12.8. The lowest BCUT2D eigenvalue weighted by Gasteiger charge is -2.26. The zero-order chi connectivity index (χ0) is 19.0. The van der Waals surface area contributed by atoms with Gasteiger partial charge in [-0.2, -0.15) is 5.26 Å². The molecule has 4 rings (SSSR count). The van der Waals surface area contributed by atoms with E-state index in [1.807, 2.05) is 25.1 Å². The highest BCUT2D eigenvalue weighted by Crippen LogP contribution is 2.43. The van der Waals surface area contributed by atoms with Gasteiger partial charge in [0.15, 0.2) is 5.75 Å². The Hall–Kier alpha value is -3.72. The lowest BCUT2D eigenvalue weighted by atomic mass is 9.84. The first-order valence-electron chi connectivity index (χ1n) is 8.50. The monoisotopic (exact) mass is 360 g/mol. The molecule has 1 aliphatic heterocycles. The number of nitriles is 1. The van der Waals surface area contributed by atoms with Gasteiger partial charge in [0, 0.05) is 0 Å². The second-order valence-electron chi connectivity index (χ2n) is 6.06. The van der Waals surface area contributed by atoms with Crippen molar-refractivity contribution in [3.63, 3.8) is 0 Å². The van der Waals surface area contributed by atoms with E-state index in [1.54, 1.807) is 30.3 Å². The highest BCUT2D eigenvalue weighted by molar-refractivity contribution is 5.86. The molecule has 0 saturated carbocycles. The van der Waals surface area contributed by atoms with Crippen molar-refractivity contribution in [2.24, 2.45) is 5.73 Å². The van der Waals surface area contributed by atoms with E-state index in [9.17, 15) is 10.1 Å². The van der Waals surface area contributed by atoms with Crippen LogP contribution in [-0.2, 0) is 0 Å². The summed E-state index contributed by atoms with van der Waals surface area (Å²) in [5.74, 6) is 0.349. The van der Waals surface area contributed by atoms with Gasteiger partial charge >= 0.3 is 5.63 Å². The van der Waals surface area contributed by atoms with Crippen LogP contribution in [0.3, 0.4) is 0 Å². The molecule has 6 heteroatoms. The fraction of sp³-hybridized carbons (Fsp3) is 0.143. The molecule has 6 nitrogen and oxygen atoms in total. The Morgan fingerprint density at radius 1 is 1.19 bits per heavy atom. The lowest BCUT2D eigenvalue weighted by molar-refractivity contribution is 0.340. The van der Waals surface area contributed by atoms with Gasteiger partial charge in [0.05, 0.1) is 23.5 Å². The van der Waals surface area contributed by atoms with Crippen LogP contribution in [0.25, 0.3) is 11.0 Å². The van der Waals surface area contributed by atoms with Crippen LogP contribution in [0.15, 0.2) is 69.2 Å². The Morgan fingerprint density at radius 3 is 2.63 bits per heavy atom. The molecule has 27 heavy (non-hydrogen) atoms. The maximum Gasteiger partial charge on any atom is 0.344 e. The van der Waals surface area contributed by atoms with Gasteiger partial charge in [0.1, 0.15) is 23.0 Å². The summed E-state index contributed by atoms with van der Waals surface area (Å²) in [6.45, 7) is 2.45. The summed E-state index contributed by atoms with van der Waals surface area (Å²) in [5, 5.41) is 10.3. The number of hydrogen-bond acceptors (Lipinski definition) is 6. The minimum Gasteiger partial charge on any atom is -0.494 e. The zero-order valence-electron chi connectivity index (χ0n) is 14.6. The quantitative estimate of drug-likeness (QED) is 0.719. The number of nitrogens with two attached hydrogens (primary N) is 1. The molecule has 2 heterocycles. The molecule has 0 radical (unpaired) electrons. The summed E-state index contributed by atoms with van der Waals surface area (Å²) in [4.78, 5) is 12.8. The van der Waals surface area contributed by atoms with Crippen molar-refractivity contribution in [3.8, 4) is 17.6 Å². The van der Waals surface area contributed by atoms with Gasteiger partial charge in [-0.25, -0.2) is 4.79 Å². The number of fused-ring (bicyclic) bond motifs is 3. The van der Waals surface area contributed by atoms with Crippen molar-refractivity contribution < 1.29 is 13.9 Å². The number of hydrogen-bond donors (Lipinski definition) is 1. The first-order chi connectivity index (χ1) is 13.1. The van der Waals surface area contributed by atoms with Crippen molar-refractivity contribution in [2.45, 2.75) is 12.8 Å². The number of ether oxygens (including phenoxy) is 2. The number of allylic oxidation sites excluding steroid dienone is 1. The van der Waals surface area contributed by atoms with Crippen LogP contribution in [0.4, 0.5) is 0 Å². The predicted molar refractivity (Wildman–Crippen MR) is 99.4 cm³/mol. The van der Waals surface area contributed by atoms with Crippen LogP contribution < -0.4 is 20.8 Å². The molecule has 0 fully saturated rings. The smallest absolute Gasteiger partial charge is 0.344 e. The van der Waals surface area contributed by atoms with Crippen LogP contribution in [0, 0.1) is 11.3 Å². The van der Waals surface area contributed by atoms with Gasteiger partial charge in [-0.05, 0) is 36.8 Å². The molecule has 0 aliphatic carbocycles. The van der Waals surface area contributed by atoms with Crippen LogP contribution >= 0.6 is 0 Å². The molecule has 134 valence electrons. The minimum absolute atomic E-state index is 0.0142. The molecule has 2 N–H and O–H groups in total. The molecule has 1 atom stereocenters. The second-order valence-corrected chi connectivity index (χ2v) is 6.06. The van der Waals surface area contributed by atoms with Crippen molar-refractivity contribution in [1.82, 2.24) is 0 Å². The van der Waals surface area contributed by atoms with Crippen molar-refractivity contribution in [2.75, 3.05) is 6.61 Å². The van der Waals surface area contributed by atoms with Gasteiger partial charge in [0.2, 0.25) is 5.88 Å². The number of para-hydroxylation sites is 1. The molecule has 2 aromatic carbocycles. The van der Waals surface area contributed by atoms with Gasteiger partial charge in [-0.1, -0.05) is 24.3 Å². The summed E-state index contributed by atoms with van der Waals surface area (Å²) in [5.41, 5.74) is 7.05. The number of nitrogens with zero attached hydrogens (tertiary/aromatic N) is 1. The van der Waals surface area contributed by atoms with Crippen molar-refractivity contribution in [1.29, 1.82) is 5.26 Å². The summed E-state index contributed by atoms with van der Waals surface area (Å²) in [6.07, 6.45) is 0. The highest BCUT2D eigenvalue weighted by Gasteiger charge is 2.35. The Morgan fingerprint density at radius 2 is 1.93 bits per heavy atom. The van der Waals surface area contributed by atoms with Crippen LogP contribution in [0.2, 0.25) is 0 Å². The third-order valence-corrected chi connectivity index (χ3v) is 4.50. The Kier molecular flexibility index (Phi) is 4.05. The first kappa shape index (κ1) is 16.7. The molecular weight excluding hydrogens is 344 g/mol. The van der Waals surface area contributed by atoms with E-state index in [4.69, 9.17) is 19.6 Å². The van der Waals surface area contributed by atoms with Crippen LogP contribution in [0.1, 0.15) is 24.0 Å². The predicted octanol–water partition coefficient (Wildman–Crippen LogP) is 3.41. The largest absolute Gasteiger partial charge is 0.494 e. The molecule has 0 spiro atoms. The zero-order valence-corrected chi connectivity index (χ0v) is 14.6. The van der Waals surface area contributed by atoms with Gasteiger partial charge in [-0.15, -0.1) is 0 Å². The van der Waals surface area contributed by atoms with Crippen LogP contribution in [0.5, 0.6) is 11.5 Å². The minimum atomic E-state index is -0.671. The number of benzene rings is 2. The maximum atomic E-state index is 12.8. The van der Waals surface area contributed by atoms with Crippen molar-refractivity contribution in [3.05, 3.63) is 81.5 Å². The van der Waals surface area contributed by atoms with E-state index in [0.717, 1.165) is 5.56 Å². The molecule has 0 bridgehead atoms. The SMILES string of the molecule is CCOc1ccc([C@H]2C(C#N)=C(N)Oc3c2c(=O)oc2ccccc32)cc1. The van der Waals surface area contributed by atoms with E-state index in [-0.39, 0.29) is 17.0 Å². The van der Waals surface area contributed by atoms with Crippen molar-refractivity contribution >= 4 is 11.0 Å². The Bertz CT molecular complexity index is 1150. The van der Waals surface area contributed by atoms with Gasteiger partial charge in [-0.3, -0.25) is 0 Å². The summed E-state index contributed by atoms with van der Waals surface area (Å²) < 4.78 is 16.6. The Balaban J connectivity index is 1.97. The fourth-order valence-electron chi connectivity index (χ4n) is 3.32.